The number of hydrogen-bond donors (Lipinski definition) is 1. The van der Waals surface area contributed by atoms with Crippen LogP contribution in [-0.2, 0) is 17.9 Å². The monoisotopic (exact) mass is 389 g/mol. The molecule has 4 heterocycles. The smallest absolute Gasteiger partial charge is 0.289 e. The maximum Gasteiger partial charge on any atom is 0.289 e. The highest BCUT2D eigenvalue weighted by Crippen LogP contribution is 2.33. The fraction of sp³-hybridized carbons (Fsp3) is 0.625. The Morgan fingerprint density at radius 1 is 1.26 bits per heavy atom. The van der Waals surface area contributed by atoms with Crippen molar-refractivity contribution in [3.63, 3.8) is 0 Å². The van der Waals surface area contributed by atoms with E-state index in [1.807, 2.05) is 4.57 Å². The highest BCUT2D eigenvalue weighted by molar-refractivity contribution is 7.03. The van der Waals surface area contributed by atoms with E-state index >= 15 is 0 Å². The molecule has 27 heavy (non-hydrogen) atoms. The highest BCUT2D eigenvalue weighted by Gasteiger charge is 2.45. The second-order valence-electron chi connectivity index (χ2n) is 7.37. The molecule has 1 saturated heterocycles. The molecule has 2 fully saturated rings. The van der Waals surface area contributed by atoms with E-state index in [2.05, 4.69) is 25.1 Å². The van der Waals surface area contributed by atoms with Crippen molar-refractivity contribution in [2.75, 3.05) is 13.1 Å². The molecule has 0 bridgehead atoms. The van der Waals surface area contributed by atoms with Gasteiger partial charge in [0, 0.05) is 18.0 Å². The fourth-order valence-corrected chi connectivity index (χ4v) is 4.24. The first kappa shape index (κ1) is 16.8. The third-order valence-corrected chi connectivity index (χ3v) is 6.11. The van der Waals surface area contributed by atoms with Crippen LogP contribution in [0.15, 0.2) is 5.38 Å². The van der Waals surface area contributed by atoms with Crippen molar-refractivity contribution in [1.82, 2.24) is 34.6 Å². The minimum Gasteiger partial charge on any atom is -0.363 e. The summed E-state index contributed by atoms with van der Waals surface area (Å²) in [5.41, 5.74) is -0.168. The van der Waals surface area contributed by atoms with Crippen LogP contribution in [-0.4, -0.2) is 65.8 Å². The van der Waals surface area contributed by atoms with Gasteiger partial charge >= 0.3 is 0 Å². The van der Waals surface area contributed by atoms with E-state index in [4.69, 9.17) is 4.74 Å². The summed E-state index contributed by atoms with van der Waals surface area (Å²) in [6.45, 7) is 1.77. The summed E-state index contributed by atoms with van der Waals surface area (Å²) in [5.74, 6) is 0.651. The number of nitrogens with zero attached hydrogens (tertiary/aromatic N) is 6. The van der Waals surface area contributed by atoms with Gasteiger partial charge in [0.15, 0.2) is 11.5 Å². The molecule has 11 heteroatoms. The number of amides is 2. The highest BCUT2D eigenvalue weighted by atomic mass is 32.1. The quantitative estimate of drug-likeness (QED) is 0.799. The van der Waals surface area contributed by atoms with Crippen molar-refractivity contribution in [2.45, 2.75) is 50.5 Å². The van der Waals surface area contributed by atoms with Crippen LogP contribution >= 0.6 is 11.5 Å². The molecule has 2 aromatic heterocycles. The molecule has 1 aliphatic carbocycles. The third-order valence-electron chi connectivity index (χ3n) is 5.61. The molecule has 1 N–H and O–H groups in total. The predicted octanol–water partition coefficient (Wildman–Crippen LogP) is 0.227. The molecule has 2 aromatic rings. The van der Waals surface area contributed by atoms with Crippen LogP contribution in [0.5, 0.6) is 0 Å². The molecule has 142 valence electrons. The summed E-state index contributed by atoms with van der Waals surface area (Å²) < 4.78 is 11.7. The lowest BCUT2D eigenvalue weighted by Gasteiger charge is -2.34. The molecule has 1 spiro atoms. The predicted molar refractivity (Wildman–Crippen MR) is 93.1 cm³/mol. The van der Waals surface area contributed by atoms with Crippen LogP contribution in [0.1, 0.15) is 52.6 Å². The Bertz CT molecular complexity index is 879. The number of ether oxygens (including phenoxy) is 1. The summed E-state index contributed by atoms with van der Waals surface area (Å²) in [5, 5.41) is 16.7. The van der Waals surface area contributed by atoms with Crippen molar-refractivity contribution in [3.8, 4) is 0 Å². The summed E-state index contributed by atoms with van der Waals surface area (Å²) in [4.78, 5) is 26.8. The molecule has 0 aromatic carbocycles. The third kappa shape index (κ3) is 2.90. The van der Waals surface area contributed by atoms with Gasteiger partial charge < -0.3 is 19.5 Å². The molecule has 3 aliphatic rings. The fourth-order valence-electron chi connectivity index (χ4n) is 3.81. The van der Waals surface area contributed by atoms with E-state index in [1.54, 1.807) is 10.3 Å². The van der Waals surface area contributed by atoms with Crippen LogP contribution in [0.3, 0.4) is 0 Å². The Kier molecular flexibility index (Phi) is 3.93. The number of carbonyl (C=O) groups excluding carboxylic acids is 2. The average Bonchev–Trinajstić information content (AvgIpc) is 3.37. The zero-order valence-corrected chi connectivity index (χ0v) is 15.4. The lowest BCUT2D eigenvalue weighted by molar-refractivity contribution is -0.0812. The number of rotatable bonds is 3. The standard InChI is InChI=1S/C16H19N7O3S/c24-14(17-10-2-1-3-10)13-20-19-12-6-26-16(9-23(12)13)4-5-22(8-16)15(25)11-7-27-21-18-11/h7,10H,1-6,8-9H2,(H,17,24). The van der Waals surface area contributed by atoms with Crippen LogP contribution in [0.4, 0.5) is 0 Å². The van der Waals surface area contributed by atoms with E-state index in [-0.39, 0.29) is 24.5 Å². The molecule has 0 radical (unpaired) electrons. The van der Waals surface area contributed by atoms with Gasteiger partial charge in [0.1, 0.15) is 12.2 Å². The molecule has 5 rings (SSSR count). The van der Waals surface area contributed by atoms with Crippen LogP contribution in [0.25, 0.3) is 0 Å². The maximum absolute atomic E-state index is 12.6. The Morgan fingerprint density at radius 3 is 2.89 bits per heavy atom. The number of carbonyl (C=O) groups is 2. The molecule has 2 amide bonds. The van der Waals surface area contributed by atoms with Gasteiger partial charge in [-0.15, -0.1) is 15.3 Å². The lowest BCUT2D eigenvalue weighted by Crippen LogP contribution is -2.46. The minimum absolute atomic E-state index is 0.137. The zero-order valence-electron chi connectivity index (χ0n) is 14.6. The van der Waals surface area contributed by atoms with Gasteiger partial charge in [-0.05, 0) is 37.2 Å². The molecular weight excluding hydrogens is 370 g/mol. The van der Waals surface area contributed by atoms with E-state index < -0.39 is 5.60 Å². The van der Waals surface area contributed by atoms with Gasteiger partial charge in [-0.3, -0.25) is 9.59 Å². The van der Waals surface area contributed by atoms with Crippen molar-refractivity contribution >= 4 is 23.3 Å². The molecule has 10 nitrogen and oxygen atoms in total. The van der Waals surface area contributed by atoms with Crippen molar-refractivity contribution in [2.24, 2.45) is 0 Å². The number of fused-ring (bicyclic) bond motifs is 1. The molecule has 1 atom stereocenters. The van der Waals surface area contributed by atoms with Gasteiger partial charge in [0.25, 0.3) is 11.8 Å². The van der Waals surface area contributed by atoms with E-state index in [9.17, 15) is 9.59 Å². The number of aromatic nitrogens is 5. The van der Waals surface area contributed by atoms with Crippen molar-refractivity contribution in [1.29, 1.82) is 0 Å². The number of hydrogen-bond acceptors (Lipinski definition) is 8. The second kappa shape index (κ2) is 6.34. The van der Waals surface area contributed by atoms with Crippen LogP contribution in [0.2, 0.25) is 0 Å². The Labute approximate surface area is 159 Å². The first-order chi connectivity index (χ1) is 13.1. The van der Waals surface area contributed by atoms with Crippen LogP contribution < -0.4 is 5.32 Å². The van der Waals surface area contributed by atoms with Crippen molar-refractivity contribution < 1.29 is 14.3 Å². The second-order valence-corrected chi connectivity index (χ2v) is 7.98. The summed E-state index contributed by atoms with van der Waals surface area (Å²) in [6, 6.07) is 0.241. The van der Waals surface area contributed by atoms with Gasteiger partial charge in [0.05, 0.1) is 13.1 Å². The maximum atomic E-state index is 12.6. The van der Waals surface area contributed by atoms with Crippen LogP contribution in [0, 0.1) is 0 Å². The zero-order chi connectivity index (χ0) is 18.4. The first-order valence-corrected chi connectivity index (χ1v) is 9.90. The van der Waals surface area contributed by atoms with E-state index in [0.717, 1.165) is 30.8 Å². The van der Waals surface area contributed by atoms with E-state index in [1.165, 1.54) is 0 Å². The summed E-state index contributed by atoms with van der Waals surface area (Å²) >= 11 is 1.16. The topological polar surface area (TPSA) is 115 Å². The number of likely N-dealkylation sites (tertiary alicyclic amines) is 1. The summed E-state index contributed by atoms with van der Waals surface area (Å²) in [6.07, 6.45) is 3.88. The molecule has 1 unspecified atom stereocenters. The lowest BCUT2D eigenvalue weighted by atomic mass is 9.93. The summed E-state index contributed by atoms with van der Waals surface area (Å²) in [7, 11) is 0. The Hall–Kier alpha value is -2.40. The minimum atomic E-state index is -0.528. The SMILES string of the molecule is O=C(NC1CCC1)c1nnc2n1CC1(CCN(C(=O)c3csnn3)C1)OC2. The average molecular weight is 389 g/mol. The van der Waals surface area contributed by atoms with Gasteiger partial charge in [-0.1, -0.05) is 4.49 Å². The number of nitrogens with one attached hydrogen (secondary N) is 1. The molecule has 1 saturated carbocycles. The van der Waals surface area contributed by atoms with Crippen molar-refractivity contribution in [3.05, 3.63) is 22.7 Å². The van der Waals surface area contributed by atoms with Gasteiger partial charge in [0.2, 0.25) is 5.82 Å². The Morgan fingerprint density at radius 2 is 2.15 bits per heavy atom. The van der Waals surface area contributed by atoms with E-state index in [0.29, 0.717) is 43.4 Å². The normalized spacial score (nSPS) is 24.7. The first-order valence-electron chi connectivity index (χ1n) is 9.07. The largest absolute Gasteiger partial charge is 0.363 e. The van der Waals surface area contributed by atoms with Gasteiger partial charge in [-0.2, -0.15) is 0 Å². The van der Waals surface area contributed by atoms with Gasteiger partial charge in [-0.25, -0.2) is 0 Å². The molecular formula is C16H19N7O3S. The molecule has 2 aliphatic heterocycles. The Balaban J connectivity index is 1.32.